The summed E-state index contributed by atoms with van der Waals surface area (Å²) in [7, 11) is -3.56. The van der Waals surface area contributed by atoms with Crippen molar-refractivity contribution >= 4 is 33.2 Å². The number of amides is 1. The van der Waals surface area contributed by atoms with Gasteiger partial charge in [-0.1, -0.05) is 29.8 Å². The molecule has 1 aromatic carbocycles. The second-order valence-electron chi connectivity index (χ2n) is 4.88. The van der Waals surface area contributed by atoms with Crippen LogP contribution >= 0.6 is 11.6 Å². The van der Waals surface area contributed by atoms with E-state index in [1.54, 1.807) is 48.7 Å². The second-order valence-corrected chi connectivity index (χ2v) is 7.27. The highest BCUT2D eigenvalue weighted by Crippen LogP contribution is 2.20. The van der Waals surface area contributed by atoms with E-state index in [-0.39, 0.29) is 13.1 Å². The Morgan fingerprint density at radius 2 is 1.91 bits per heavy atom. The highest BCUT2D eigenvalue weighted by molar-refractivity contribution is 7.88. The molecular weight excluding hydrogens is 338 g/mol. The lowest BCUT2D eigenvalue weighted by Crippen LogP contribution is -2.37. The van der Waals surface area contributed by atoms with Crippen LogP contribution in [0.15, 0.2) is 48.7 Å². The predicted octanol–water partition coefficient (Wildman–Crippen LogP) is 2.14. The topological polar surface area (TPSA) is 79.4 Å². The third kappa shape index (κ3) is 5.31. The number of sulfonamides is 1. The number of hydrogen-bond acceptors (Lipinski definition) is 4. The molecule has 1 N–H and O–H groups in total. The molecule has 8 heteroatoms. The van der Waals surface area contributed by atoms with Crippen molar-refractivity contribution in [3.8, 4) is 0 Å². The maximum absolute atomic E-state index is 12.1. The summed E-state index contributed by atoms with van der Waals surface area (Å²) in [5, 5.41) is 2.99. The van der Waals surface area contributed by atoms with Gasteiger partial charge in [0.15, 0.2) is 0 Å². The first-order valence-corrected chi connectivity index (χ1v) is 8.98. The van der Waals surface area contributed by atoms with Crippen molar-refractivity contribution in [3.63, 3.8) is 0 Å². The fraction of sp³-hybridized carbons (Fsp3) is 0.200. The largest absolute Gasteiger partial charge is 0.324 e. The number of nitrogens with zero attached hydrogens (tertiary/aromatic N) is 2. The molecule has 0 aliphatic carbocycles. The van der Waals surface area contributed by atoms with Crippen LogP contribution in [0, 0.1) is 0 Å². The molecule has 6 nitrogen and oxygen atoms in total. The Labute approximate surface area is 140 Å². The summed E-state index contributed by atoms with van der Waals surface area (Å²) in [5.74, 6) is -0.473. The lowest BCUT2D eigenvalue weighted by molar-refractivity contribution is -0.116. The Balaban J connectivity index is 2.09. The molecule has 0 fully saturated rings. The second kappa shape index (κ2) is 7.54. The van der Waals surface area contributed by atoms with E-state index in [2.05, 4.69) is 10.3 Å². The lowest BCUT2D eigenvalue weighted by Gasteiger charge is -2.19. The molecule has 1 amide bonds. The van der Waals surface area contributed by atoms with Gasteiger partial charge in [-0.05, 0) is 24.3 Å². The minimum absolute atomic E-state index is 0.0234. The normalized spacial score (nSPS) is 11.4. The van der Waals surface area contributed by atoms with Crippen LogP contribution in [0.25, 0.3) is 0 Å². The summed E-state index contributed by atoms with van der Waals surface area (Å²) in [6.07, 6.45) is 2.62. The highest BCUT2D eigenvalue weighted by Gasteiger charge is 2.21. The molecule has 23 heavy (non-hydrogen) atoms. The molecule has 1 aromatic heterocycles. The third-order valence-electron chi connectivity index (χ3n) is 3.00. The average Bonchev–Trinajstić information content (AvgIpc) is 2.49. The zero-order valence-corrected chi connectivity index (χ0v) is 14.0. The summed E-state index contributed by atoms with van der Waals surface area (Å²) >= 11 is 5.97. The Bertz CT molecular complexity index is 782. The molecule has 2 aromatic rings. The van der Waals surface area contributed by atoms with Gasteiger partial charge in [-0.3, -0.25) is 9.78 Å². The van der Waals surface area contributed by atoms with Crippen LogP contribution < -0.4 is 5.32 Å². The number of anilines is 1. The minimum atomic E-state index is -3.56. The molecule has 0 saturated carbocycles. The quantitative estimate of drug-likeness (QED) is 0.862. The molecule has 0 spiro atoms. The number of carbonyl (C=O) groups excluding carboxylic acids is 1. The van der Waals surface area contributed by atoms with E-state index in [4.69, 9.17) is 11.6 Å². The van der Waals surface area contributed by atoms with Crippen molar-refractivity contribution in [2.24, 2.45) is 0 Å². The summed E-state index contributed by atoms with van der Waals surface area (Å²) < 4.78 is 24.8. The van der Waals surface area contributed by atoms with Gasteiger partial charge in [0, 0.05) is 6.20 Å². The first-order chi connectivity index (χ1) is 10.9. The van der Waals surface area contributed by atoms with Crippen LogP contribution in [-0.4, -0.2) is 36.4 Å². The number of para-hydroxylation sites is 1. The number of halogens is 1. The summed E-state index contributed by atoms with van der Waals surface area (Å²) in [4.78, 5) is 16.2. The number of carbonyl (C=O) groups is 1. The Morgan fingerprint density at radius 3 is 2.52 bits per heavy atom. The van der Waals surface area contributed by atoms with E-state index >= 15 is 0 Å². The van der Waals surface area contributed by atoms with E-state index in [0.717, 1.165) is 10.6 Å². The monoisotopic (exact) mass is 353 g/mol. The summed E-state index contributed by atoms with van der Waals surface area (Å²) in [5.41, 5.74) is 0.994. The van der Waals surface area contributed by atoms with Gasteiger partial charge < -0.3 is 5.32 Å². The summed E-state index contributed by atoms with van der Waals surface area (Å²) in [6.45, 7) is -0.295. The number of pyridine rings is 1. The molecule has 1 heterocycles. The van der Waals surface area contributed by atoms with Crippen molar-refractivity contribution < 1.29 is 13.2 Å². The number of hydrogen-bond donors (Lipinski definition) is 1. The van der Waals surface area contributed by atoms with E-state index in [0.29, 0.717) is 16.4 Å². The van der Waals surface area contributed by atoms with Gasteiger partial charge in [0.25, 0.3) is 0 Å². The number of aromatic nitrogens is 1. The van der Waals surface area contributed by atoms with Gasteiger partial charge in [0.1, 0.15) is 0 Å². The van der Waals surface area contributed by atoms with Gasteiger partial charge in [0.2, 0.25) is 15.9 Å². The maximum Gasteiger partial charge on any atom is 0.239 e. The Morgan fingerprint density at radius 1 is 1.22 bits per heavy atom. The molecule has 122 valence electrons. The summed E-state index contributed by atoms with van der Waals surface area (Å²) in [6, 6.07) is 11.9. The Hall–Kier alpha value is -1.96. The van der Waals surface area contributed by atoms with Crippen molar-refractivity contribution in [1.82, 2.24) is 9.29 Å². The standard InChI is InChI=1S/C15H16ClN3O3S/c1-23(21,22)19(10-12-6-4-5-9-17-12)11-15(20)18-14-8-3-2-7-13(14)16/h2-9H,10-11H2,1H3,(H,18,20). The van der Waals surface area contributed by atoms with Crippen molar-refractivity contribution in [2.45, 2.75) is 6.54 Å². The molecule has 0 aliphatic rings. The Kier molecular flexibility index (Phi) is 5.70. The third-order valence-corrected chi connectivity index (χ3v) is 4.53. The average molecular weight is 354 g/mol. The van der Waals surface area contributed by atoms with Gasteiger partial charge >= 0.3 is 0 Å². The van der Waals surface area contributed by atoms with E-state index < -0.39 is 15.9 Å². The molecular formula is C15H16ClN3O3S. The number of rotatable bonds is 6. The van der Waals surface area contributed by atoms with Gasteiger partial charge in [-0.15, -0.1) is 0 Å². The zero-order valence-electron chi connectivity index (χ0n) is 12.4. The minimum Gasteiger partial charge on any atom is -0.324 e. The molecule has 0 atom stereocenters. The van der Waals surface area contributed by atoms with Crippen LogP contribution in [0.2, 0.25) is 5.02 Å². The van der Waals surface area contributed by atoms with E-state index in [9.17, 15) is 13.2 Å². The molecule has 2 rings (SSSR count). The van der Waals surface area contributed by atoms with Gasteiger partial charge in [-0.25, -0.2) is 8.42 Å². The first-order valence-electron chi connectivity index (χ1n) is 6.75. The number of nitrogens with one attached hydrogen (secondary N) is 1. The van der Waals surface area contributed by atoms with E-state index in [1.807, 2.05) is 0 Å². The first kappa shape index (κ1) is 17.4. The van der Waals surface area contributed by atoms with Crippen molar-refractivity contribution in [3.05, 3.63) is 59.4 Å². The van der Waals surface area contributed by atoms with Crippen LogP contribution in [0.3, 0.4) is 0 Å². The zero-order chi connectivity index (χ0) is 16.9. The van der Waals surface area contributed by atoms with Gasteiger partial charge in [-0.2, -0.15) is 4.31 Å². The van der Waals surface area contributed by atoms with E-state index in [1.165, 1.54) is 0 Å². The highest BCUT2D eigenvalue weighted by atomic mass is 35.5. The molecule has 0 aliphatic heterocycles. The van der Waals surface area contributed by atoms with Crippen LogP contribution in [-0.2, 0) is 21.4 Å². The molecule has 0 bridgehead atoms. The fourth-order valence-corrected chi connectivity index (χ4v) is 2.78. The van der Waals surface area contributed by atoms with Crippen LogP contribution in [0.5, 0.6) is 0 Å². The SMILES string of the molecule is CS(=O)(=O)N(CC(=O)Nc1ccccc1Cl)Cc1ccccn1. The van der Waals surface area contributed by atoms with Gasteiger partial charge in [0.05, 0.1) is 35.7 Å². The number of benzene rings is 1. The predicted molar refractivity (Wildman–Crippen MR) is 89.6 cm³/mol. The van der Waals surface area contributed by atoms with Crippen molar-refractivity contribution in [1.29, 1.82) is 0 Å². The smallest absolute Gasteiger partial charge is 0.239 e. The van der Waals surface area contributed by atoms with Crippen LogP contribution in [0.4, 0.5) is 5.69 Å². The lowest BCUT2D eigenvalue weighted by atomic mass is 10.3. The van der Waals surface area contributed by atoms with Crippen LogP contribution in [0.1, 0.15) is 5.69 Å². The maximum atomic E-state index is 12.1. The molecule has 0 unspecified atom stereocenters. The molecule has 0 saturated heterocycles. The van der Waals surface area contributed by atoms with Crippen molar-refractivity contribution in [2.75, 3.05) is 18.1 Å². The fourth-order valence-electron chi connectivity index (χ4n) is 1.88. The molecule has 0 radical (unpaired) electrons.